The monoisotopic (exact) mass is 773 g/mol. The van der Waals surface area contributed by atoms with E-state index in [0.717, 1.165) is 0 Å². The van der Waals surface area contributed by atoms with Gasteiger partial charge in [-0.1, -0.05) is 208 Å². The maximum atomic E-state index is 2.66. The van der Waals surface area contributed by atoms with E-state index in [2.05, 4.69) is 172 Å². The van der Waals surface area contributed by atoms with Gasteiger partial charge < -0.3 is 4.90 Å². The summed E-state index contributed by atoms with van der Waals surface area (Å²) in [6, 6.07) is 53.8. The van der Waals surface area contributed by atoms with E-state index in [1.165, 1.54) is 162 Å². The minimum Gasteiger partial charge on any atom is -0.310 e. The number of hydrogen-bond donors (Lipinski definition) is 0. The van der Waals surface area contributed by atoms with E-state index < -0.39 is 0 Å². The Morgan fingerprint density at radius 1 is 0.424 bits per heavy atom. The highest BCUT2D eigenvalue weighted by Crippen LogP contribution is 2.58. The first kappa shape index (κ1) is 39.3. The Bertz CT molecular complexity index is 2470. The van der Waals surface area contributed by atoms with Crippen molar-refractivity contribution in [3.8, 4) is 22.3 Å². The van der Waals surface area contributed by atoms with Crippen LogP contribution in [0.1, 0.15) is 140 Å². The lowest BCUT2D eigenvalue weighted by Crippen LogP contribution is -2.31. The molecule has 7 aromatic carbocycles. The van der Waals surface area contributed by atoms with E-state index in [9.17, 15) is 0 Å². The largest absolute Gasteiger partial charge is 0.310 e. The summed E-state index contributed by atoms with van der Waals surface area (Å²) in [7, 11) is 0. The van der Waals surface area contributed by atoms with E-state index in [0.29, 0.717) is 0 Å². The van der Waals surface area contributed by atoms with Crippen LogP contribution in [0.3, 0.4) is 0 Å². The molecular weight excluding hydrogens is 711 g/mol. The molecule has 1 aliphatic carbocycles. The standard InChI is InChI=1S/C58H63N/c1-5-7-9-11-13-23-37-58(38-24-14-12-10-8-6-2)52-40-44(56-46-27-17-15-25-42(46)39-43-26-16-18-28-47(43)56)33-35-48(52)49-36-34-45(41-53(49)58)59-54-31-21-19-29-50(54)57(3,4)51-30-20-22-32-55(51)59/h15-22,25-36,39-41H,5-14,23-24,37-38H2,1-4H3. The van der Waals surface area contributed by atoms with Crippen LogP contribution in [0.15, 0.2) is 140 Å². The third-order valence-electron chi connectivity index (χ3n) is 14.2. The molecule has 300 valence electrons. The SMILES string of the molecule is CCCCCCCCC1(CCCCCCCC)c2cc(-c3c4ccccc4cc4ccccc34)ccc2-c2ccc(N3c4ccccc4C(C)(C)c4ccccc43)cc21. The van der Waals surface area contributed by atoms with Crippen LogP contribution in [-0.2, 0) is 10.8 Å². The molecule has 0 saturated carbocycles. The number of para-hydroxylation sites is 2. The van der Waals surface area contributed by atoms with Crippen LogP contribution in [0, 0.1) is 0 Å². The average molecular weight is 774 g/mol. The van der Waals surface area contributed by atoms with E-state index in [4.69, 9.17) is 0 Å². The third-order valence-corrected chi connectivity index (χ3v) is 14.2. The minimum atomic E-state index is -0.0852. The summed E-state index contributed by atoms with van der Waals surface area (Å²) in [5, 5.41) is 5.30. The van der Waals surface area contributed by atoms with Crippen LogP contribution >= 0.6 is 0 Å². The van der Waals surface area contributed by atoms with Gasteiger partial charge in [-0.15, -0.1) is 0 Å². The van der Waals surface area contributed by atoms with Crippen LogP contribution in [0.25, 0.3) is 43.8 Å². The van der Waals surface area contributed by atoms with Crippen molar-refractivity contribution in [3.05, 3.63) is 162 Å². The maximum absolute atomic E-state index is 2.66. The Morgan fingerprint density at radius 3 is 1.47 bits per heavy atom. The fourth-order valence-corrected chi connectivity index (χ4v) is 11.1. The number of fused-ring (bicyclic) bond motifs is 7. The number of anilines is 3. The van der Waals surface area contributed by atoms with Crippen molar-refractivity contribution in [2.24, 2.45) is 0 Å². The van der Waals surface area contributed by atoms with Gasteiger partial charge in [-0.2, -0.15) is 0 Å². The van der Waals surface area contributed by atoms with Gasteiger partial charge in [0.05, 0.1) is 11.4 Å². The van der Waals surface area contributed by atoms with E-state index in [1.54, 1.807) is 11.1 Å². The van der Waals surface area contributed by atoms with Crippen LogP contribution in [-0.4, -0.2) is 0 Å². The summed E-state index contributed by atoms with van der Waals surface area (Å²) in [4.78, 5) is 2.58. The molecule has 7 aromatic rings. The van der Waals surface area contributed by atoms with Gasteiger partial charge in [0.15, 0.2) is 0 Å². The molecule has 59 heavy (non-hydrogen) atoms. The van der Waals surface area contributed by atoms with Gasteiger partial charge in [0, 0.05) is 16.5 Å². The van der Waals surface area contributed by atoms with Crippen molar-refractivity contribution < 1.29 is 0 Å². The second kappa shape index (κ2) is 16.8. The number of hydrogen-bond acceptors (Lipinski definition) is 1. The molecule has 0 radical (unpaired) electrons. The van der Waals surface area contributed by atoms with Gasteiger partial charge in [-0.3, -0.25) is 0 Å². The lowest BCUT2D eigenvalue weighted by atomic mass is 9.70. The zero-order valence-corrected chi connectivity index (χ0v) is 36.1. The summed E-state index contributed by atoms with van der Waals surface area (Å²) in [6.07, 6.45) is 18.1. The van der Waals surface area contributed by atoms with Gasteiger partial charge in [-0.05, 0) is 115 Å². The molecule has 0 aromatic heterocycles. The molecule has 0 spiro atoms. The zero-order valence-electron chi connectivity index (χ0n) is 36.1. The molecule has 0 atom stereocenters. The van der Waals surface area contributed by atoms with Gasteiger partial charge in [-0.25, -0.2) is 0 Å². The first-order valence-electron chi connectivity index (χ1n) is 23.2. The number of benzene rings is 7. The van der Waals surface area contributed by atoms with Crippen molar-refractivity contribution in [2.45, 2.75) is 128 Å². The fourth-order valence-electron chi connectivity index (χ4n) is 11.1. The van der Waals surface area contributed by atoms with Crippen molar-refractivity contribution in [2.75, 3.05) is 4.90 Å². The Hall–Kier alpha value is -5.14. The van der Waals surface area contributed by atoms with Crippen LogP contribution in [0.4, 0.5) is 17.1 Å². The molecule has 0 bridgehead atoms. The van der Waals surface area contributed by atoms with E-state index in [-0.39, 0.29) is 10.8 Å². The quantitative estimate of drug-likeness (QED) is 0.0698. The number of rotatable bonds is 16. The van der Waals surface area contributed by atoms with Crippen LogP contribution < -0.4 is 4.90 Å². The summed E-state index contributed by atoms with van der Waals surface area (Å²) in [5.74, 6) is 0. The van der Waals surface area contributed by atoms with E-state index in [1.807, 2.05) is 0 Å². The molecule has 1 heteroatoms. The number of nitrogens with zero attached hydrogens (tertiary/aromatic N) is 1. The molecular formula is C58H63N. The Labute approximate surface area is 354 Å². The molecule has 0 saturated heterocycles. The van der Waals surface area contributed by atoms with Gasteiger partial charge >= 0.3 is 0 Å². The smallest absolute Gasteiger partial charge is 0.0502 e. The molecule has 1 heterocycles. The first-order valence-corrected chi connectivity index (χ1v) is 23.2. The lowest BCUT2D eigenvalue weighted by molar-refractivity contribution is 0.398. The van der Waals surface area contributed by atoms with Crippen molar-refractivity contribution in [1.29, 1.82) is 0 Å². The summed E-state index contributed by atoms with van der Waals surface area (Å²) in [5.41, 5.74) is 15.2. The zero-order chi connectivity index (χ0) is 40.4. The molecule has 2 aliphatic rings. The Balaban J connectivity index is 1.23. The van der Waals surface area contributed by atoms with Crippen molar-refractivity contribution in [3.63, 3.8) is 0 Å². The first-order chi connectivity index (χ1) is 29.0. The highest BCUT2D eigenvalue weighted by Gasteiger charge is 2.44. The average Bonchev–Trinajstić information content (AvgIpc) is 3.53. The normalized spacial score (nSPS) is 14.6. The minimum absolute atomic E-state index is 0.0549. The molecule has 1 nitrogen and oxygen atoms in total. The van der Waals surface area contributed by atoms with Gasteiger partial charge in [0.25, 0.3) is 0 Å². The maximum Gasteiger partial charge on any atom is 0.0502 e. The summed E-state index contributed by atoms with van der Waals surface area (Å²) < 4.78 is 0. The molecule has 0 unspecified atom stereocenters. The molecule has 1 aliphatic heterocycles. The van der Waals surface area contributed by atoms with Gasteiger partial charge in [0.1, 0.15) is 0 Å². The Morgan fingerprint density at radius 2 is 0.898 bits per heavy atom. The predicted molar refractivity (Wildman–Crippen MR) is 256 cm³/mol. The van der Waals surface area contributed by atoms with Gasteiger partial charge in [0.2, 0.25) is 0 Å². The van der Waals surface area contributed by atoms with E-state index >= 15 is 0 Å². The Kier molecular flexibility index (Phi) is 11.2. The van der Waals surface area contributed by atoms with Crippen molar-refractivity contribution >= 4 is 38.6 Å². The van der Waals surface area contributed by atoms with Crippen LogP contribution in [0.2, 0.25) is 0 Å². The molecule has 9 rings (SSSR count). The third kappa shape index (κ3) is 7.09. The summed E-state index contributed by atoms with van der Waals surface area (Å²) in [6.45, 7) is 9.45. The molecule has 0 amide bonds. The predicted octanol–water partition coefficient (Wildman–Crippen LogP) is 17.5. The summed E-state index contributed by atoms with van der Waals surface area (Å²) >= 11 is 0. The van der Waals surface area contributed by atoms with Crippen molar-refractivity contribution in [1.82, 2.24) is 0 Å². The second-order valence-electron chi connectivity index (χ2n) is 18.3. The highest BCUT2D eigenvalue weighted by molar-refractivity contribution is 6.13. The lowest BCUT2D eigenvalue weighted by Gasteiger charge is -2.42. The number of unbranched alkanes of at least 4 members (excludes halogenated alkanes) is 10. The second-order valence-corrected chi connectivity index (χ2v) is 18.3. The molecule has 0 fully saturated rings. The molecule has 0 N–H and O–H groups in total. The van der Waals surface area contributed by atoms with Crippen LogP contribution in [0.5, 0.6) is 0 Å². The highest BCUT2D eigenvalue weighted by atomic mass is 15.2. The topological polar surface area (TPSA) is 3.24 Å². The fraction of sp³-hybridized carbons (Fsp3) is 0.345.